The fourth-order valence-corrected chi connectivity index (χ4v) is 3.44. The van der Waals surface area contributed by atoms with Crippen LogP contribution in [-0.4, -0.2) is 36.0 Å². The monoisotopic (exact) mass is 404 g/mol. The Bertz CT molecular complexity index is 993. The zero-order valence-electron chi connectivity index (χ0n) is 15.3. The first kappa shape index (κ1) is 19.7. The summed E-state index contributed by atoms with van der Waals surface area (Å²) in [6.07, 6.45) is 1.20. The molecule has 2 aromatic rings. The van der Waals surface area contributed by atoms with E-state index in [9.17, 15) is 19.1 Å². The van der Waals surface area contributed by atoms with Crippen LogP contribution in [0.5, 0.6) is 11.5 Å². The third-order valence-electron chi connectivity index (χ3n) is 4.70. The average molecular weight is 405 g/mol. The van der Waals surface area contributed by atoms with Gasteiger partial charge in [-0.05, 0) is 17.7 Å². The summed E-state index contributed by atoms with van der Waals surface area (Å²) in [7, 11) is 2.89. The molecule has 2 amide bonds. The number of hydrogen-bond donors (Lipinski definition) is 1. The van der Waals surface area contributed by atoms with E-state index < -0.39 is 23.0 Å². The number of halogens is 2. The van der Waals surface area contributed by atoms with E-state index in [1.807, 2.05) is 6.07 Å². The molecule has 0 spiro atoms. The number of phenolic OH excluding ortho intramolecular Hbond substituents is 1. The van der Waals surface area contributed by atoms with Gasteiger partial charge in [-0.15, -0.1) is 0 Å². The molecule has 1 heterocycles. The summed E-state index contributed by atoms with van der Waals surface area (Å²) in [5.41, 5.74) is 1.72. The van der Waals surface area contributed by atoms with Crippen molar-refractivity contribution in [3.8, 4) is 11.5 Å². The lowest BCUT2D eigenvalue weighted by molar-refractivity contribution is -0.113. The van der Waals surface area contributed by atoms with Gasteiger partial charge in [-0.25, -0.2) is 4.39 Å². The lowest BCUT2D eigenvalue weighted by atomic mass is 10.1. The normalized spacial score (nSPS) is 12.5. The summed E-state index contributed by atoms with van der Waals surface area (Å²) in [4.78, 5) is 27.7. The summed E-state index contributed by atoms with van der Waals surface area (Å²) < 4.78 is 19.5. The molecule has 1 N–H and O–H groups in total. The Morgan fingerprint density at radius 3 is 2.75 bits per heavy atom. The van der Waals surface area contributed by atoms with E-state index in [0.717, 1.165) is 17.2 Å². The van der Waals surface area contributed by atoms with E-state index in [-0.39, 0.29) is 29.8 Å². The fraction of sp³-hybridized carbons (Fsp3) is 0.200. The number of likely N-dealkylation sites (N-methyl/N-ethyl adjacent to an activating group) is 1. The minimum Gasteiger partial charge on any atom is -0.507 e. The summed E-state index contributed by atoms with van der Waals surface area (Å²) in [6, 6.07) is 6.47. The highest BCUT2D eigenvalue weighted by Crippen LogP contribution is 2.38. The summed E-state index contributed by atoms with van der Waals surface area (Å²) in [6.45, 7) is 3.84. The van der Waals surface area contributed by atoms with Crippen LogP contribution >= 0.6 is 11.6 Å². The van der Waals surface area contributed by atoms with Crippen LogP contribution in [0.4, 0.5) is 10.1 Å². The topological polar surface area (TPSA) is 70.1 Å². The third-order valence-corrected chi connectivity index (χ3v) is 5.05. The molecule has 1 aliphatic heterocycles. The van der Waals surface area contributed by atoms with Crippen molar-refractivity contribution in [3.63, 3.8) is 0 Å². The van der Waals surface area contributed by atoms with E-state index in [1.54, 1.807) is 19.2 Å². The Morgan fingerprint density at radius 2 is 2.11 bits per heavy atom. The highest BCUT2D eigenvalue weighted by atomic mass is 35.5. The molecule has 6 nitrogen and oxygen atoms in total. The van der Waals surface area contributed by atoms with Gasteiger partial charge in [-0.2, -0.15) is 0 Å². The van der Waals surface area contributed by atoms with Crippen LogP contribution in [-0.2, 0) is 17.9 Å². The number of methoxy groups -OCH3 is 1. The molecule has 3 rings (SSSR count). The molecule has 0 saturated heterocycles. The molecular formula is C20H18ClFN2O4. The lowest BCUT2D eigenvalue weighted by Gasteiger charge is -2.20. The van der Waals surface area contributed by atoms with Gasteiger partial charge in [0.05, 0.1) is 7.11 Å². The molecule has 0 bridgehead atoms. The van der Waals surface area contributed by atoms with Gasteiger partial charge in [0.25, 0.3) is 5.91 Å². The maximum Gasteiger partial charge on any atom is 0.261 e. The number of carbonyl (C=O) groups is 2. The van der Waals surface area contributed by atoms with E-state index in [2.05, 4.69) is 6.58 Å². The smallest absolute Gasteiger partial charge is 0.261 e. The Labute approximate surface area is 166 Å². The highest BCUT2D eigenvalue weighted by molar-refractivity contribution is 6.32. The molecular weight excluding hydrogens is 387 g/mol. The van der Waals surface area contributed by atoms with E-state index in [1.165, 1.54) is 23.0 Å². The van der Waals surface area contributed by atoms with Gasteiger partial charge in [-0.1, -0.05) is 30.3 Å². The van der Waals surface area contributed by atoms with Gasteiger partial charge in [0, 0.05) is 37.5 Å². The molecule has 28 heavy (non-hydrogen) atoms. The molecule has 0 saturated carbocycles. The van der Waals surface area contributed by atoms with Crippen molar-refractivity contribution in [2.24, 2.45) is 0 Å². The van der Waals surface area contributed by atoms with Crippen molar-refractivity contribution in [3.05, 3.63) is 64.5 Å². The van der Waals surface area contributed by atoms with Crippen LogP contribution in [0.1, 0.15) is 21.5 Å². The van der Waals surface area contributed by atoms with Crippen LogP contribution < -0.4 is 9.64 Å². The number of nitrogens with zero attached hydrogens (tertiary/aromatic N) is 2. The zero-order valence-corrected chi connectivity index (χ0v) is 16.1. The first-order valence-electron chi connectivity index (χ1n) is 8.35. The Hall–Kier alpha value is -3.06. The van der Waals surface area contributed by atoms with Gasteiger partial charge in [-0.3, -0.25) is 9.59 Å². The van der Waals surface area contributed by atoms with E-state index in [0.29, 0.717) is 5.69 Å². The second-order valence-corrected chi connectivity index (χ2v) is 6.66. The predicted octanol–water partition coefficient (Wildman–Crippen LogP) is 3.50. The summed E-state index contributed by atoms with van der Waals surface area (Å²) >= 11 is 5.89. The van der Waals surface area contributed by atoms with Gasteiger partial charge in [0.1, 0.15) is 22.1 Å². The molecule has 0 unspecified atom stereocenters. The number of carbonyl (C=O) groups excluding carboxylic acids is 2. The van der Waals surface area contributed by atoms with Crippen molar-refractivity contribution in [2.75, 3.05) is 19.1 Å². The van der Waals surface area contributed by atoms with Crippen LogP contribution in [0.25, 0.3) is 0 Å². The maximum absolute atomic E-state index is 14.6. The van der Waals surface area contributed by atoms with Gasteiger partial charge < -0.3 is 19.6 Å². The van der Waals surface area contributed by atoms with Crippen LogP contribution in [0.3, 0.4) is 0 Å². The van der Waals surface area contributed by atoms with Gasteiger partial charge in [0.15, 0.2) is 5.82 Å². The Morgan fingerprint density at radius 1 is 1.39 bits per heavy atom. The number of phenols is 1. The van der Waals surface area contributed by atoms with Crippen molar-refractivity contribution in [1.29, 1.82) is 0 Å². The van der Waals surface area contributed by atoms with Crippen molar-refractivity contribution in [1.82, 2.24) is 4.90 Å². The molecule has 2 aromatic carbocycles. The molecule has 0 atom stereocenters. The molecule has 0 aromatic heterocycles. The van der Waals surface area contributed by atoms with E-state index in [4.69, 9.17) is 16.3 Å². The minimum atomic E-state index is -1.04. The average Bonchev–Trinajstić information content (AvgIpc) is 3.13. The molecule has 1 aliphatic rings. The van der Waals surface area contributed by atoms with Crippen molar-refractivity contribution in [2.45, 2.75) is 13.1 Å². The highest BCUT2D eigenvalue weighted by Gasteiger charge is 2.32. The maximum atomic E-state index is 14.6. The largest absolute Gasteiger partial charge is 0.507 e. The number of benzene rings is 2. The number of aromatic hydroxyl groups is 1. The molecule has 0 aliphatic carbocycles. The third kappa shape index (κ3) is 3.18. The zero-order chi connectivity index (χ0) is 20.6. The number of anilines is 1. The standard InChI is InChI=1S/C20H18ClFN2O4/c1-4-16(26)23(2)13-7-5-6-11-9-24(10-12(11)13)20(27)17-14(25)8-15(28-3)18(21)19(17)22/h4-8,25H,1,9-10H2,2-3H3. The van der Waals surface area contributed by atoms with Gasteiger partial charge >= 0.3 is 0 Å². The predicted molar refractivity (Wildman–Crippen MR) is 103 cm³/mol. The first-order valence-corrected chi connectivity index (χ1v) is 8.73. The van der Waals surface area contributed by atoms with Crippen LogP contribution in [0.2, 0.25) is 5.02 Å². The molecule has 146 valence electrons. The van der Waals surface area contributed by atoms with Crippen LogP contribution in [0.15, 0.2) is 36.9 Å². The second kappa shape index (κ2) is 7.52. The fourth-order valence-electron chi connectivity index (χ4n) is 3.22. The minimum absolute atomic E-state index is 0.0650. The van der Waals surface area contributed by atoms with E-state index >= 15 is 0 Å². The quantitative estimate of drug-likeness (QED) is 0.792. The number of hydrogen-bond acceptors (Lipinski definition) is 4. The first-order chi connectivity index (χ1) is 13.3. The Kier molecular flexibility index (Phi) is 5.29. The van der Waals surface area contributed by atoms with Crippen molar-refractivity contribution < 1.29 is 23.8 Å². The Balaban J connectivity index is 1.96. The second-order valence-electron chi connectivity index (χ2n) is 6.28. The van der Waals surface area contributed by atoms with Gasteiger partial charge in [0.2, 0.25) is 5.91 Å². The van der Waals surface area contributed by atoms with Crippen molar-refractivity contribution >= 4 is 29.1 Å². The number of rotatable bonds is 4. The molecule has 8 heteroatoms. The summed E-state index contributed by atoms with van der Waals surface area (Å²) in [5, 5.41) is 9.76. The molecule has 0 radical (unpaired) electrons. The number of ether oxygens (including phenoxy) is 1. The lowest BCUT2D eigenvalue weighted by Crippen LogP contribution is -2.27. The number of amides is 2. The van der Waals surface area contributed by atoms with Crippen LogP contribution in [0, 0.1) is 5.82 Å². The summed E-state index contributed by atoms with van der Waals surface area (Å²) in [5.74, 6) is -2.66. The molecule has 0 fully saturated rings. The number of fused-ring (bicyclic) bond motifs is 1. The SMILES string of the molecule is C=CC(=O)N(C)c1cccc2c1CN(C(=O)c1c(O)cc(OC)c(Cl)c1F)C2.